The van der Waals surface area contributed by atoms with Crippen LogP contribution in [0.15, 0.2) is 42.7 Å². The normalized spacial score (nSPS) is 11.0. The second-order valence-corrected chi connectivity index (χ2v) is 6.86. The maximum absolute atomic E-state index is 13.1. The van der Waals surface area contributed by atoms with Gasteiger partial charge in [0.2, 0.25) is 0 Å². The first kappa shape index (κ1) is 20.3. The van der Waals surface area contributed by atoms with E-state index in [1.807, 2.05) is 6.07 Å². The molecule has 148 valence electrons. The van der Waals surface area contributed by atoms with Crippen LogP contribution in [0.3, 0.4) is 0 Å². The van der Waals surface area contributed by atoms with Gasteiger partial charge >= 0.3 is 6.18 Å². The molecule has 0 radical (unpaired) electrons. The number of carbonyl (C=O) groups excluding carboxylic acids is 1. The molecule has 1 aromatic carbocycles. The van der Waals surface area contributed by atoms with E-state index >= 15 is 0 Å². The van der Waals surface area contributed by atoms with Crippen molar-refractivity contribution >= 4 is 22.2 Å². The van der Waals surface area contributed by atoms with Gasteiger partial charge < -0.3 is 10.6 Å². The van der Waals surface area contributed by atoms with E-state index in [1.165, 1.54) is 41.9 Å². The van der Waals surface area contributed by atoms with Gasteiger partial charge in [-0.2, -0.15) is 18.4 Å². The molecule has 0 unspecified atom stereocenters. The molecule has 0 aliphatic heterocycles. The van der Waals surface area contributed by atoms with E-state index in [0.29, 0.717) is 21.1 Å². The fraction of sp³-hybridized carbons (Fsp3) is 0.158. The summed E-state index contributed by atoms with van der Waals surface area (Å²) in [5.41, 5.74) is 0.123. The molecule has 29 heavy (non-hydrogen) atoms. The maximum Gasteiger partial charge on any atom is 0.416 e. The Bertz CT molecular complexity index is 1090. The molecule has 0 fully saturated rings. The van der Waals surface area contributed by atoms with Crippen LogP contribution in [0.5, 0.6) is 0 Å². The molecule has 3 rings (SSSR count). The fourth-order valence-corrected chi connectivity index (χ4v) is 3.49. The molecule has 1 amide bonds. The Kier molecular flexibility index (Phi) is 5.79. The molecule has 2 aromatic heterocycles. The highest BCUT2D eigenvalue weighted by molar-refractivity contribution is 7.19. The summed E-state index contributed by atoms with van der Waals surface area (Å²) in [7, 11) is 1.61. The second kappa shape index (κ2) is 8.28. The van der Waals surface area contributed by atoms with Crippen LogP contribution >= 0.6 is 11.3 Å². The van der Waals surface area contributed by atoms with Gasteiger partial charge in [0.05, 0.1) is 11.1 Å². The third kappa shape index (κ3) is 4.52. The van der Waals surface area contributed by atoms with Gasteiger partial charge in [-0.3, -0.25) is 9.78 Å². The number of thiazole rings is 1. The SMILES string of the molecule is CNc1sc(-c2cncc(C#N)c2)nc1C(=O)NCc1ccccc1C(F)(F)F. The number of amides is 1. The number of pyridine rings is 1. The van der Waals surface area contributed by atoms with Crippen LogP contribution in [-0.4, -0.2) is 22.9 Å². The van der Waals surface area contributed by atoms with E-state index in [2.05, 4.69) is 20.6 Å². The van der Waals surface area contributed by atoms with Gasteiger partial charge in [0, 0.05) is 31.5 Å². The van der Waals surface area contributed by atoms with Gasteiger partial charge in [-0.05, 0) is 17.7 Å². The lowest BCUT2D eigenvalue weighted by Gasteiger charge is -2.13. The third-order valence-electron chi connectivity index (χ3n) is 3.95. The van der Waals surface area contributed by atoms with Crippen molar-refractivity contribution in [3.8, 4) is 16.6 Å². The Morgan fingerprint density at radius 1 is 1.28 bits per heavy atom. The maximum atomic E-state index is 13.1. The van der Waals surface area contributed by atoms with Crippen LogP contribution in [0.2, 0.25) is 0 Å². The smallest absolute Gasteiger partial charge is 0.378 e. The van der Waals surface area contributed by atoms with Crippen LogP contribution in [0.25, 0.3) is 10.6 Å². The number of hydrogen-bond acceptors (Lipinski definition) is 6. The van der Waals surface area contributed by atoms with E-state index in [-0.39, 0.29) is 17.8 Å². The molecule has 2 N–H and O–H groups in total. The monoisotopic (exact) mass is 417 g/mol. The van der Waals surface area contributed by atoms with Gasteiger partial charge in [0.15, 0.2) is 5.69 Å². The largest absolute Gasteiger partial charge is 0.416 e. The van der Waals surface area contributed by atoms with Crippen LogP contribution in [0.4, 0.5) is 18.2 Å². The second-order valence-electron chi connectivity index (χ2n) is 5.86. The first-order valence-electron chi connectivity index (χ1n) is 8.31. The molecular weight excluding hydrogens is 403 g/mol. The van der Waals surface area contributed by atoms with Crippen molar-refractivity contribution in [2.24, 2.45) is 0 Å². The number of nitrogens with one attached hydrogen (secondary N) is 2. The van der Waals surface area contributed by atoms with Crippen molar-refractivity contribution in [3.05, 3.63) is 65.1 Å². The molecule has 0 saturated carbocycles. The highest BCUT2D eigenvalue weighted by Crippen LogP contribution is 2.33. The summed E-state index contributed by atoms with van der Waals surface area (Å²) in [4.78, 5) is 20.8. The average Bonchev–Trinajstić information content (AvgIpc) is 3.16. The fourth-order valence-electron chi connectivity index (χ4n) is 2.60. The third-order valence-corrected chi connectivity index (χ3v) is 5.07. The molecule has 10 heteroatoms. The predicted molar refractivity (Wildman–Crippen MR) is 102 cm³/mol. The van der Waals surface area contributed by atoms with Gasteiger partial charge in [0.1, 0.15) is 16.1 Å². The molecule has 3 aromatic rings. The average molecular weight is 417 g/mol. The molecule has 2 heterocycles. The Morgan fingerprint density at radius 3 is 2.72 bits per heavy atom. The Morgan fingerprint density at radius 2 is 2.03 bits per heavy atom. The van der Waals surface area contributed by atoms with Crippen molar-refractivity contribution in [2.45, 2.75) is 12.7 Å². The molecule has 0 atom stereocenters. The standard InChI is InChI=1S/C19H14F3N5OS/c1-24-18-15(27-17(29-18)13-6-11(7-23)8-25-9-13)16(28)26-10-12-4-2-3-5-14(12)19(20,21)22/h2-6,8-9,24H,10H2,1H3,(H,26,28). The summed E-state index contributed by atoms with van der Waals surface area (Å²) in [6, 6.07) is 8.62. The number of nitriles is 1. The van der Waals surface area contributed by atoms with Gasteiger partial charge in [0.25, 0.3) is 5.91 Å². The number of halogens is 3. The van der Waals surface area contributed by atoms with Crippen molar-refractivity contribution in [1.29, 1.82) is 5.26 Å². The van der Waals surface area contributed by atoms with Crippen LogP contribution in [-0.2, 0) is 12.7 Å². The Balaban J connectivity index is 1.84. The number of alkyl halides is 3. The van der Waals surface area contributed by atoms with Crippen LogP contribution in [0.1, 0.15) is 27.2 Å². The van der Waals surface area contributed by atoms with E-state index in [1.54, 1.807) is 13.1 Å². The molecule has 0 aliphatic carbocycles. The summed E-state index contributed by atoms with van der Waals surface area (Å²) >= 11 is 1.18. The summed E-state index contributed by atoms with van der Waals surface area (Å²) in [5, 5.41) is 15.2. The topological polar surface area (TPSA) is 90.7 Å². The number of carbonyl (C=O) groups is 1. The first-order valence-corrected chi connectivity index (χ1v) is 9.12. The van der Waals surface area contributed by atoms with Crippen molar-refractivity contribution in [2.75, 3.05) is 12.4 Å². The Hall–Kier alpha value is -3.45. The minimum atomic E-state index is -4.51. The number of hydrogen-bond donors (Lipinski definition) is 2. The minimum absolute atomic E-state index is 0.0410. The molecular formula is C19H14F3N5OS. The molecule has 0 bridgehead atoms. The predicted octanol–water partition coefficient (Wildman–Crippen LogP) is 4.07. The number of benzene rings is 1. The zero-order chi connectivity index (χ0) is 21.0. The Labute approximate surface area is 168 Å². The van der Waals surface area contributed by atoms with Crippen LogP contribution < -0.4 is 10.6 Å². The number of nitrogens with zero attached hydrogens (tertiary/aromatic N) is 3. The lowest BCUT2D eigenvalue weighted by atomic mass is 10.1. The zero-order valence-corrected chi connectivity index (χ0v) is 15.9. The minimum Gasteiger partial charge on any atom is -0.378 e. The lowest BCUT2D eigenvalue weighted by Crippen LogP contribution is -2.25. The molecule has 6 nitrogen and oxygen atoms in total. The number of anilines is 1. The summed E-state index contributed by atoms with van der Waals surface area (Å²) in [5.74, 6) is -0.613. The quantitative estimate of drug-likeness (QED) is 0.653. The van der Waals surface area contributed by atoms with Crippen molar-refractivity contribution < 1.29 is 18.0 Å². The van der Waals surface area contributed by atoms with Gasteiger partial charge in [-0.15, -0.1) is 0 Å². The molecule has 0 saturated heterocycles. The summed E-state index contributed by atoms with van der Waals surface area (Å²) < 4.78 is 39.3. The van der Waals surface area contributed by atoms with E-state index in [0.717, 1.165) is 6.07 Å². The summed E-state index contributed by atoms with van der Waals surface area (Å²) in [6.45, 7) is -0.296. The highest BCUT2D eigenvalue weighted by Gasteiger charge is 2.33. The lowest BCUT2D eigenvalue weighted by molar-refractivity contribution is -0.138. The van der Waals surface area contributed by atoms with E-state index in [9.17, 15) is 18.0 Å². The summed E-state index contributed by atoms with van der Waals surface area (Å²) in [6.07, 6.45) is -1.59. The molecule has 0 aliphatic rings. The van der Waals surface area contributed by atoms with Crippen LogP contribution in [0, 0.1) is 11.3 Å². The van der Waals surface area contributed by atoms with Crippen molar-refractivity contribution in [1.82, 2.24) is 15.3 Å². The molecule has 0 spiro atoms. The van der Waals surface area contributed by atoms with Gasteiger partial charge in [-0.25, -0.2) is 4.98 Å². The number of aromatic nitrogens is 2. The van der Waals surface area contributed by atoms with E-state index < -0.39 is 17.6 Å². The first-order chi connectivity index (χ1) is 13.8. The zero-order valence-electron chi connectivity index (χ0n) is 15.0. The van der Waals surface area contributed by atoms with Gasteiger partial charge in [-0.1, -0.05) is 29.5 Å². The van der Waals surface area contributed by atoms with E-state index in [4.69, 9.17) is 5.26 Å². The highest BCUT2D eigenvalue weighted by atomic mass is 32.1. The number of rotatable bonds is 5. The van der Waals surface area contributed by atoms with Crippen molar-refractivity contribution in [3.63, 3.8) is 0 Å².